The minimum absolute atomic E-state index is 0.175. The zero-order valence-corrected chi connectivity index (χ0v) is 12.2. The number of imidazole rings is 1. The molecule has 0 radical (unpaired) electrons. The molecule has 0 amide bonds. The van der Waals surface area contributed by atoms with E-state index < -0.39 is 0 Å². The van der Waals surface area contributed by atoms with E-state index in [1.165, 1.54) is 5.56 Å². The summed E-state index contributed by atoms with van der Waals surface area (Å²) in [5.74, 6) is 1.04. The van der Waals surface area contributed by atoms with Crippen LogP contribution in [0.2, 0.25) is 5.02 Å². The minimum Gasteiger partial charge on any atom is -0.327 e. The van der Waals surface area contributed by atoms with Gasteiger partial charge < -0.3 is 10.3 Å². The van der Waals surface area contributed by atoms with E-state index in [1.807, 2.05) is 24.5 Å². The molecule has 0 saturated heterocycles. The number of aromatic nitrogens is 2. The largest absolute Gasteiger partial charge is 0.327 e. The van der Waals surface area contributed by atoms with Gasteiger partial charge in [0.05, 0.1) is 5.69 Å². The highest BCUT2D eigenvalue weighted by Crippen LogP contribution is 2.23. The third-order valence-electron chi connectivity index (χ3n) is 3.35. The number of hydrogen-bond donors (Lipinski definition) is 1. The van der Waals surface area contributed by atoms with Crippen molar-refractivity contribution in [1.29, 1.82) is 0 Å². The first-order valence-corrected chi connectivity index (χ1v) is 7.10. The van der Waals surface area contributed by atoms with Gasteiger partial charge in [0.25, 0.3) is 0 Å². The predicted octanol–water partition coefficient (Wildman–Crippen LogP) is 3.37. The molecule has 2 N–H and O–H groups in total. The van der Waals surface area contributed by atoms with Gasteiger partial charge in [-0.3, -0.25) is 0 Å². The zero-order valence-electron chi connectivity index (χ0n) is 11.4. The molecule has 0 saturated carbocycles. The Morgan fingerprint density at radius 2 is 2.16 bits per heavy atom. The molecule has 2 aromatic rings. The molecule has 1 atom stereocenters. The molecule has 0 fully saturated rings. The molecule has 3 nitrogen and oxygen atoms in total. The molecule has 0 bridgehead atoms. The van der Waals surface area contributed by atoms with E-state index in [0.717, 1.165) is 35.8 Å². The highest BCUT2D eigenvalue weighted by atomic mass is 35.5. The summed E-state index contributed by atoms with van der Waals surface area (Å²) < 4.78 is 2.10. The van der Waals surface area contributed by atoms with Crippen LogP contribution in [0.4, 0.5) is 0 Å². The van der Waals surface area contributed by atoms with Crippen molar-refractivity contribution in [3.05, 3.63) is 47.0 Å². The molecule has 19 heavy (non-hydrogen) atoms. The number of nitrogens with zero attached hydrogens (tertiary/aromatic N) is 2. The van der Waals surface area contributed by atoms with Crippen LogP contribution < -0.4 is 5.73 Å². The van der Waals surface area contributed by atoms with Crippen molar-refractivity contribution < 1.29 is 0 Å². The van der Waals surface area contributed by atoms with E-state index in [2.05, 4.69) is 29.5 Å². The van der Waals surface area contributed by atoms with Crippen LogP contribution in [0.3, 0.4) is 0 Å². The van der Waals surface area contributed by atoms with Gasteiger partial charge in [0.15, 0.2) is 0 Å². The van der Waals surface area contributed by atoms with Crippen LogP contribution >= 0.6 is 11.6 Å². The standard InChI is InChI=1S/C15H20ClN3/c1-3-13(17)9-11-5-6-12(16)10-14(11)19-8-7-18-15(19)4-2/h5-8,10,13H,3-4,9,17H2,1-2H3. The van der Waals surface area contributed by atoms with Gasteiger partial charge in [-0.15, -0.1) is 0 Å². The number of aryl methyl sites for hydroxylation is 1. The Balaban J connectivity index is 2.45. The van der Waals surface area contributed by atoms with Crippen molar-refractivity contribution >= 4 is 11.6 Å². The lowest BCUT2D eigenvalue weighted by atomic mass is 10.0. The van der Waals surface area contributed by atoms with E-state index in [-0.39, 0.29) is 6.04 Å². The average Bonchev–Trinajstić information content (AvgIpc) is 2.88. The maximum Gasteiger partial charge on any atom is 0.112 e. The molecule has 1 aromatic carbocycles. The number of hydrogen-bond acceptors (Lipinski definition) is 2. The second-order valence-electron chi connectivity index (χ2n) is 4.71. The fourth-order valence-electron chi connectivity index (χ4n) is 2.18. The summed E-state index contributed by atoms with van der Waals surface area (Å²) in [4.78, 5) is 4.37. The molecule has 1 heterocycles. The van der Waals surface area contributed by atoms with Gasteiger partial charge in [0, 0.05) is 29.9 Å². The van der Waals surface area contributed by atoms with E-state index in [1.54, 1.807) is 0 Å². The van der Waals surface area contributed by atoms with Crippen LogP contribution in [0.5, 0.6) is 0 Å². The Morgan fingerprint density at radius 3 is 2.84 bits per heavy atom. The van der Waals surface area contributed by atoms with Gasteiger partial charge in [-0.05, 0) is 30.5 Å². The first-order valence-electron chi connectivity index (χ1n) is 6.72. The lowest BCUT2D eigenvalue weighted by molar-refractivity contribution is 0.643. The molecule has 0 aliphatic carbocycles. The SMILES string of the molecule is CCc1nccn1-c1cc(Cl)ccc1CC(N)CC. The van der Waals surface area contributed by atoms with E-state index in [9.17, 15) is 0 Å². The van der Waals surface area contributed by atoms with Gasteiger partial charge in [0.2, 0.25) is 0 Å². The first kappa shape index (κ1) is 14.1. The summed E-state index contributed by atoms with van der Waals surface area (Å²) >= 11 is 6.13. The molecule has 0 aliphatic heterocycles. The molecular formula is C15H20ClN3. The summed E-state index contributed by atoms with van der Waals surface area (Å²) in [5, 5.41) is 0.736. The second kappa shape index (κ2) is 6.22. The Labute approximate surface area is 119 Å². The molecule has 4 heteroatoms. The van der Waals surface area contributed by atoms with Gasteiger partial charge in [-0.1, -0.05) is 31.5 Å². The summed E-state index contributed by atoms with van der Waals surface area (Å²) in [6, 6.07) is 6.14. The Kier molecular flexibility index (Phi) is 4.61. The van der Waals surface area contributed by atoms with E-state index >= 15 is 0 Å². The average molecular weight is 278 g/mol. The summed E-state index contributed by atoms with van der Waals surface area (Å²) in [6.45, 7) is 4.20. The fourth-order valence-corrected chi connectivity index (χ4v) is 2.34. The monoisotopic (exact) mass is 277 g/mol. The highest BCUT2D eigenvalue weighted by molar-refractivity contribution is 6.30. The zero-order chi connectivity index (χ0) is 13.8. The second-order valence-corrected chi connectivity index (χ2v) is 5.15. The predicted molar refractivity (Wildman–Crippen MR) is 79.9 cm³/mol. The highest BCUT2D eigenvalue weighted by Gasteiger charge is 2.11. The van der Waals surface area contributed by atoms with Crippen molar-refractivity contribution in [1.82, 2.24) is 9.55 Å². The number of halogens is 1. The van der Waals surface area contributed by atoms with Crippen LogP contribution in [0.1, 0.15) is 31.7 Å². The fraction of sp³-hybridized carbons (Fsp3) is 0.400. The third-order valence-corrected chi connectivity index (χ3v) is 3.58. The third kappa shape index (κ3) is 3.17. The molecule has 1 unspecified atom stereocenters. The smallest absolute Gasteiger partial charge is 0.112 e. The topological polar surface area (TPSA) is 43.8 Å². The molecular weight excluding hydrogens is 258 g/mol. The van der Waals surface area contributed by atoms with Gasteiger partial charge in [-0.25, -0.2) is 4.98 Å². The number of nitrogens with two attached hydrogens (primary N) is 1. The normalized spacial score (nSPS) is 12.6. The Morgan fingerprint density at radius 1 is 1.37 bits per heavy atom. The van der Waals surface area contributed by atoms with Crippen molar-refractivity contribution in [2.75, 3.05) is 0 Å². The van der Waals surface area contributed by atoms with Crippen molar-refractivity contribution in [2.45, 2.75) is 39.2 Å². The lowest BCUT2D eigenvalue weighted by Gasteiger charge is -2.16. The maximum atomic E-state index is 6.13. The number of rotatable bonds is 5. The van der Waals surface area contributed by atoms with Crippen LogP contribution in [0, 0.1) is 0 Å². The van der Waals surface area contributed by atoms with Crippen LogP contribution in [0.25, 0.3) is 5.69 Å². The van der Waals surface area contributed by atoms with Crippen molar-refractivity contribution in [3.8, 4) is 5.69 Å². The van der Waals surface area contributed by atoms with Gasteiger partial charge >= 0.3 is 0 Å². The minimum atomic E-state index is 0.175. The summed E-state index contributed by atoms with van der Waals surface area (Å²) in [5.41, 5.74) is 8.38. The van der Waals surface area contributed by atoms with E-state index in [0.29, 0.717) is 0 Å². The van der Waals surface area contributed by atoms with Crippen molar-refractivity contribution in [2.24, 2.45) is 5.73 Å². The van der Waals surface area contributed by atoms with Gasteiger partial charge in [-0.2, -0.15) is 0 Å². The molecule has 1 aromatic heterocycles. The first-order chi connectivity index (χ1) is 9.15. The van der Waals surface area contributed by atoms with Crippen LogP contribution in [0.15, 0.2) is 30.6 Å². The number of benzene rings is 1. The van der Waals surface area contributed by atoms with E-state index in [4.69, 9.17) is 17.3 Å². The lowest BCUT2D eigenvalue weighted by Crippen LogP contribution is -2.22. The van der Waals surface area contributed by atoms with Crippen LogP contribution in [-0.2, 0) is 12.8 Å². The molecule has 102 valence electrons. The molecule has 0 aliphatic rings. The quantitative estimate of drug-likeness (QED) is 0.911. The van der Waals surface area contributed by atoms with Crippen molar-refractivity contribution in [3.63, 3.8) is 0 Å². The Hall–Kier alpha value is -1.32. The summed E-state index contributed by atoms with van der Waals surface area (Å²) in [6.07, 6.45) is 6.50. The molecule has 2 rings (SSSR count). The van der Waals surface area contributed by atoms with Gasteiger partial charge in [0.1, 0.15) is 5.82 Å². The summed E-state index contributed by atoms with van der Waals surface area (Å²) in [7, 11) is 0. The Bertz CT molecular complexity index is 548. The van der Waals surface area contributed by atoms with Crippen LogP contribution in [-0.4, -0.2) is 15.6 Å². The molecule has 0 spiro atoms. The maximum absolute atomic E-state index is 6.13.